The van der Waals surface area contributed by atoms with Crippen molar-refractivity contribution in [1.29, 1.82) is 0 Å². The number of aryl methyl sites for hydroxylation is 1. The van der Waals surface area contributed by atoms with E-state index in [1.807, 2.05) is 13.1 Å². The maximum Gasteiger partial charge on any atom is 0.124 e. The highest BCUT2D eigenvalue weighted by Gasteiger charge is 2.18. The van der Waals surface area contributed by atoms with Crippen LogP contribution in [0, 0.1) is 6.92 Å². The van der Waals surface area contributed by atoms with Crippen LogP contribution in [0.1, 0.15) is 22.0 Å². The first-order chi connectivity index (χ1) is 8.65. The van der Waals surface area contributed by atoms with Crippen molar-refractivity contribution in [3.63, 3.8) is 0 Å². The van der Waals surface area contributed by atoms with Crippen LogP contribution in [0.3, 0.4) is 0 Å². The summed E-state index contributed by atoms with van der Waals surface area (Å²) in [6.45, 7) is 2.10. The minimum atomic E-state index is 0.163. The summed E-state index contributed by atoms with van der Waals surface area (Å²) >= 11 is 5.25. The van der Waals surface area contributed by atoms with Crippen LogP contribution in [0.2, 0.25) is 0 Å². The predicted octanol–water partition coefficient (Wildman–Crippen LogP) is 4.14. The van der Waals surface area contributed by atoms with Gasteiger partial charge in [0.2, 0.25) is 0 Å². The van der Waals surface area contributed by atoms with Crippen LogP contribution in [-0.4, -0.2) is 14.2 Å². The molecule has 1 unspecified atom stereocenters. The summed E-state index contributed by atoms with van der Waals surface area (Å²) in [5.41, 5.74) is 2.41. The molecule has 0 spiro atoms. The average Bonchev–Trinajstić information content (AvgIpc) is 2.77. The highest BCUT2D eigenvalue weighted by molar-refractivity contribution is 9.11. The van der Waals surface area contributed by atoms with Crippen LogP contribution in [0.5, 0.6) is 5.75 Å². The molecule has 1 aromatic carbocycles. The summed E-state index contributed by atoms with van der Waals surface area (Å²) in [5.74, 6) is 0.921. The molecule has 0 radical (unpaired) electrons. The van der Waals surface area contributed by atoms with Gasteiger partial charge >= 0.3 is 0 Å². The van der Waals surface area contributed by atoms with E-state index in [2.05, 4.69) is 52.4 Å². The summed E-state index contributed by atoms with van der Waals surface area (Å²) in [6, 6.07) is 10.6. The number of methoxy groups -OCH3 is 1. The fraction of sp³-hybridized carbons (Fsp3) is 0.286. The molecule has 0 saturated carbocycles. The Morgan fingerprint density at radius 2 is 2.06 bits per heavy atom. The molecule has 0 amide bonds. The Morgan fingerprint density at radius 1 is 1.28 bits per heavy atom. The number of ether oxygens (including phenoxy) is 1. The van der Waals surface area contributed by atoms with Gasteiger partial charge in [0.1, 0.15) is 5.75 Å². The van der Waals surface area contributed by atoms with Gasteiger partial charge in [-0.1, -0.05) is 17.7 Å². The van der Waals surface area contributed by atoms with E-state index in [9.17, 15) is 0 Å². The number of thiophene rings is 1. The van der Waals surface area contributed by atoms with E-state index in [1.165, 1.54) is 16.0 Å². The molecule has 1 heterocycles. The second kappa shape index (κ2) is 5.87. The zero-order valence-electron chi connectivity index (χ0n) is 10.7. The molecule has 0 aliphatic heterocycles. The third-order valence-electron chi connectivity index (χ3n) is 2.86. The Balaban J connectivity index is 2.47. The van der Waals surface area contributed by atoms with E-state index in [0.29, 0.717) is 0 Å². The van der Waals surface area contributed by atoms with Crippen LogP contribution >= 0.6 is 27.3 Å². The van der Waals surface area contributed by atoms with Crippen molar-refractivity contribution in [3.8, 4) is 5.75 Å². The quantitative estimate of drug-likeness (QED) is 0.912. The van der Waals surface area contributed by atoms with Crippen molar-refractivity contribution in [3.05, 3.63) is 50.1 Å². The van der Waals surface area contributed by atoms with Crippen LogP contribution in [0.4, 0.5) is 0 Å². The number of halogens is 1. The van der Waals surface area contributed by atoms with Gasteiger partial charge in [-0.25, -0.2) is 0 Å². The van der Waals surface area contributed by atoms with Gasteiger partial charge in [0, 0.05) is 10.4 Å². The molecule has 18 heavy (non-hydrogen) atoms. The van der Waals surface area contributed by atoms with Crippen molar-refractivity contribution in [2.24, 2.45) is 0 Å². The molecule has 1 aromatic heterocycles. The lowest BCUT2D eigenvalue weighted by atomic mass is 10.0. The van der Waals surface area contributed by atoms with Gasteiger partial charge in [-0.05, 0) is 48.1 Å². The van der Waals surface area contributed by atoms with E-state index in [4.69, 9.17) is 4.74 Å². The van der Waals surface area contributed by atoms with Gasteiger partial charge in [0.25, 0.3) is 0 Å². The normalized spacial score (nSPS) is 12.4. The Hall–Kier alpha value is -0.840. The highest BCUT2D eigenvalue weighted by Crippen LogP contribution is 2.35. The molecule has 0 aliphatic rings. The molecule has 0 fully saturated rings. The SMILES string of the molecule is CNC(c1ccc(Br)s1)c1cc(C)ccc1OC. The lowest BCUT2D eigenvalue weighted by Crippen LogP contribution is -2.17. The van der Waals surface area contributed by atoms with E-state index >= 15 is 0 Å². The largest absolute Gasteiger partial charge is 0.496 e. The second-order valence-corrected chi connectivity index (χ2v) is 6.60. The molecule has 1 N–H and O–H groups in total. The molecule has 2 rings (SSSR count). The maximum atomic E-state index is 5.46. The Kier molecular flexibility index (Phi) is 4.43. The van der Waals surface area contributed by atoms with Crippen molar-refractivity contribution in [2.75, 3.05) is 14.2 Å². The minimum Gasteiger partial charge on any atom is -0.496 e. The summed E-state index contributed by atoms with van der Waals surface area (Å²) in [4.78, 5) is 1.27. The number of benzene rings is 1. The zero-order valence-corrected chi connectivity index (χ0v) is 13.1. The molecule has 1 atom stereocenters. The van der Waals surface area contributed by atoms with E-state index in [-0.39, 0.29) is 6.04 Å². The minimum absolute atomic E-state index is 0.163. The smallest absolute Gasteiger partial charge is 0.124 e. The third-order valence-corrected chi connectivity index (χ3v) is 4.55. The molecular formula is C14H16BrNOS. The molecule has 0 aliphatic carbocycles. The van der Waals surface area contributed by atoms with Crippen molar-refractivity contribution in [2.45, 2.75) is 13.0 Å². The van der Waals surface area contributed by atoms with Crippen LogP contribution in [-0.2, 0) is 0 Å². The molecule has 96 valence electrons. The predicted molar refractivity (Wildman–Crippen MR) is 80.7 cm³/mol. The molecule has 2 nitrogen and oxygen atoms in total. The van der Waals surface area contributed by atoms with Gasteiger partial charge in [0.15, 0.2) is 0 Å². The van der Waals surface area contributed by atoms with Crippen molar-refractivity contribution in [1.82, 2.24) is 5.32 Å². The monoisotopic (exact) mass is 325 g/mol. The summed E-state index contributed by atoms with van der Waals surface area (Å²) in [6.07, 6.45) is 0. The van der Waals surface area contributed by atoms with Gasteiger partial charge in [0.05, 0.1) is 16.9 Å². The first-order valence-electron chi connectivity index (χ1n) is 5.72. The van der Waals surface area contributed by atoms with Gasteiger partial charge in [-0.2, -0.15) is 0 Å². The number of hydrogen-bond acceptors (Lipinski definition) is 3. The van der Waals surface area contributed by atoms with E-state index in [1.54, 1.807) is 18.4 Å². The van der Waals surface area contributed by atoms with Gasteiger partial charge in [-0.3, -0.25) is 0 Å². The first kappa shape index (κ1) is 13.6. The molecule has 4 heteroatoms. The maximum absolute atomic E-state index is 5.46. The second-order valence-electron chi connectivity index (χ2n) is 4.11. The number of nitrogens with one attached hydrogen (secondary N) is 1. The van der Waals surface area contributed by atoms with E-state index in [0.717, 1.165) is 9.54 Å². The fourth-order valence-electron chi connectivity index (χ4n) is 2.01. The molecule has 0 bridgehead atoms. The average molecular weight is 326 g/mol. The Morgan fingerprint density at radius 3 is 2.61 bits per heavy atom. The number of rotatable bonds is 4. The standard InChI is InChI=1S/C14H16BrNOS/c1-9-4-5-11(17-3)10(8-9)14(16-2)12-6-7-13(15)18-12/h4-8,14,16H,1-3H3. The summed E-state index contributed by atoms with van der Waals surface area (Å²) < 4.78 is 6.61. The summed E-state index contributed by atoms with van der Waals surface area (Å²) in [5, 5.41) is 3.36. The lowest BCUT2D eigenvalue weighted by Gasteiger charge is -2.18. The molecule has 2 aromatic rings. The van der Waals surface area contributed by atoms with Gasteiger partial charge < -0.3 is 10.1 Å². The number of hydrogen-bond donors (Lipinski definition) is 1. The van der Waals surface area contributed by atoms with E-state index < -0.39 is 0 Å². The van der Waals surface area contributed by atoms with Crippen molar-refractivity contribution >= 4 is 27.3 Å². The Labute approximate surface area is 120 Å². The third kappa shape index (κ3) is 2.76. The van der Waals surface area contributed by atoms with Crippen LogP contribution in [0.15, 0.2) is 34.1 Å². The zero-order chi connectivity index (χ0) is 13.1. The topological polar surface area (TPSA) is 21.3 Å². The van der Waals surface area contributed by atoms with Crippen LogP contribution in [0.25, 0.3) is 0 Å². The van der Waals surface area contributed by atoms with Crippen molar-refractivity contribution < 1.29 is 4.74 Å². The fourth-order valence-corrected chi connectivity index (χ4v) is 3.57. The molecule has 0 saturated heterocycles. The summed E-state index contributed by atoms with van der Waals surface area (Å²) in [7, 11) is 3.69. The molecular weight excluding hydrogens is 310 g/mol. The Bertz CT molecular complexity index is 538. The highest BCUT2D eigenvalue weighted by atomic mass is 79.9. The lowest BCUT2D eigenvalue weighted by molar-refractivity contribution is 0.405. The first-order valence-corrected chi connectivity index (χ1v) is 7.33. The van der Waals surface area contributed by atoms with Crippen LogP contribution < -0.4 is 10.1 Å². The van der Waals surface area contributed by atoms with Gasteiger partial charge in [-0.15, -0.1) is 11.3 Å².